The highest BCUT2D eigenvalue weighted by Crippen LogP contribution is 2.20. The van der Waals surface area contributed by atoms with Crippen molar-refractivity contribution in [2.24, 2.45) is 0 Å². The number of nitrogens with zero attached hydrogens (tertiary/aromatic N) is 1. The van der Waals surface area contributed by atoms with E-state index in [2.05, 4.69) is 5.32 Å². The smallest absolute Gasteiger partial charge is 0.234 e. The van der Waals surface area contributed by atoms with Crippen LogP contribution in [0.4, 0.5) is 5.69 Å². The van der Waals surface area contributed by atoms with E-state index in [0.717, 1.165) is 0 Å². The minimum Gasteiger partial charge on any atom is -0.508 e. The van der Waals surface area contributed by atoms with Crippen molar-refractivity contribution < 1.29 is 14.6 Å². The summed E-state index contributed by atoms with van der Waals surface area (Å²) in [6.45, 7) is 1.69. The van der Waals surface area contributed by atoms with Crippen molar-refractivity contribution >= 4 is 11.6 Å². The molecule has 0 aromatic heterocycles. The maximum atomic E-state index is 11.6. The molecule has 0 bridgehead atoms. The Bertz CT molecular complexity index is 424. The van der Waals surface area contributed by atoms with E-state index < -0.39 is 0 Å². The number of anilines is 1. The Kier molecular flexibility index (Phi) is 6.11. The average molecular weight is 267 g/mol. The van der Waals surface area contributed by atoms with E-state index in [1.165, 1.54) is 0 Å². The molecular weight excluding hydrogens is 246 g/mol. The Morgan fingerprint density at radius 2 is 2.26 bits per heavy atom. The molecule has 19 heavy (non-hydrogen) atoms. The van der Waals surface area contributed by atoms with Gasteiger partial charge in [0, 0.05) is 31.5 Å². The molecule has 106 valence electrons. The third-order valence-electron chi connectivity index (χ3n) is 2.59. The topological polar surface area (TPSA) is 87.8 Å². The third kappa shape index (κ3) is 5.58. The second-order valence-electron chi connectivity index (χ2n) is 4.40. The SMILES string of the molecule is COCCNC(=O)CN(C)Cc1cc(N)ccc1O. The number of hydrogen-bond donors (Lipinski definition) is 3. The number of benzene rings is 1. The molecule has 0 unspecified atom stereocenters. The summed E-state index contributed by atoms with van der Waals surface area (Å²) in [6.07, 6.45) is 0. The van der Waals surface area contributed by atoms with E-state index in [9.17, 15) is 9.90 Å². The summed E-state index contributed by atoms with van der Waals surface area (Å²) in [5.41, 5.74) is 6.95. The molecule has 0 spiro atoms. The molecule has 0 aliphatic rings. The van der Waals surface area contributed by atoms with Gasteiger partial charge in [-0.25, -0.2) is 0 Å². The molecule has 1 amide bonds. The van der Waals surface area contributed by atoms with Crippen LogP contribution < -0.4 is 11.1 Å². The number of aromatic hydroxyl groups is 1. The molecule has 0 heterocycles. The predicted octanol–water partition coefficient (Wildman–Crippen LogP) is 0.169. The summed E-state index contributed by atoms with van der Waals surface area (Å²) >= 11 is 0. The van der Waals surface area contributed by atoms with E-state index >= 15 is 0 Å². The average Bonchev–Trinajstić information content (AvgIpc) is 2.34. The fourth-order valence-electron chi connectivity index (χ4n) is 1.67. The number of amides is 1. The maximum absolute atomic E-state index is 11.6. The van der Waals surface area contributed by atoms with Crippen LogP contribution in [0, 0.1) is 0 Å². The molecule has 1 aromatic rings. The number of hydrogen-bond acceptors (Lipinski definition) is 5. The zero-order chi connectivity index (χ0) is 14.3. The predicted molar refractivity (Wildman–Crippen MR) is 73.7 cm³/mol. The van der Waals surface area contributed by atoms with Crippen molar-refractivity contribution in [1.82, 2.24) is 10.2 Å². The molecule has 0 aliphatic heterocycles. The minimum atomic E-state index is -0.0806. The first kappa shape index (κ1) is 15.3. The van der Waals surface area contributed by atoms with Crippen LogP contribution in [-0.4, -0.2) is 49.8 Å². The first-order valence-corrected chi connectivity index (χ1v) is 6.04. The van der Waals surface area contributed by atoms with E-state index in [1.54, 1.807) is 37.3 Å². The van der Waals surface area contributed by atoms with Gasteiger partial charge in [0.05, 0.1) is 13.2 Å². The van der Waals surface area contributed by atoms with E-state index in [4.69, 9.17) is 10.5 Å². The number of nitrogens with one attached hydrogen (secondary N) is 1. The van der Waals surface area contributed by atoms with Gasteiger partial charge < -0.3 is 20.9 Å². The van der Waals surface area contributed by atoms with Crippen LogP contribution in [0.2, 0.25) is 0 Å². The molecule has 6 heteroatoms. The number of carbonyl (C=O) groups is 1. The number of carbonyl (C=O) groups excluding carboxylic acids is 1. The summed E-state index contributed by atoms with van der Waals surface area (Å²) < 4.78 is 4.85. The lowest BCUT2D eigenvalue weighted by atomic mass is 10.1. The van der Waals surface area contributed by atoms with Gasteiger partial charge >= 0.3 is 0 Å². The van der Waals surface area contributed by atoms with Gasteiger partial charge in [-0.1, -0.05) is 0 Å². The van der Waals surface area contributed by atoms with Crippen molar-refractivity contribution in [2.75, 3.05) is 39.6 Å². The van der Waals surface area contributed by atoms with E-state index in [1.807, 2.05) is 0 Å². The number of methoxy groups -OCH3 is 1. The molecule has 0 aliphatic carbocycles. The van der Waals surface area contributed by atoms with E-state index in [-0.39, 0.29) is 18.2 Å². The van der Waals surface area contributed by atoms with Gasteiger partial charge in [0.25, 0.3) is 0 Å². The van der Waals surface area contributed by atoms with Crippen LogP contribution in [-0.2, 0) is 16.1 Å². The van der Waals surface area contributed by atoms with Gasteiger partial charge in [-0.2, -0.15) is 0 Å². The first-order chi connectivity index (χ1) is 9.02. The lowest BCUT2D eigenvalue weighted by Gasteiger charge is -2.17. The van der Waals surface area contributed by atoms with Crippen LogP contribution in [0.1, 0.15) is 5.56 Å². The lowest BCUT2D eigenvalue weighted by molar-refractivity contribution is -0.122. The maximum Gasteiger partial charge on any atom is 0.234 e. The van der Waals surface area contributed by atoms with Crippen molar-refractivity contribution in [3.63, 3.8) is 0 Å². The number of likely N-dealkylation sites (N-methyl/N-ethyl adjacent to an activating group) is 1. The van der Waals surface area contributed by atoms with Crippen LogP contribution in [0.5, 0.6) is 5.75 Å². The summed E-state index contributed by atoms with van der Waals surface area (Å²) in [5.74, 6) is 0.101. The number of phenolic OH excluding ortho intramolecular Hbond substituents is 1. The van der Waals surface area contributed by atoms with Crippen LogP contribution in [0.15, 0.2) is 18.2 Å². The van der Waals surface area contributed by atoms with Crippen LogP contribution in [0.3, 0.4) is 0 Å². The normalized spacial score (nSPS) is 10.7. The number of nitrogens with two attached hydrogens (primary N) is 1. The summed E-state index contributed by atoms with van der Waals surface area (Å²) in [7, 11) is 3.39. The summed E-state index contributed by atoms with van der Waals surface area (Å²) in [4.78, 5) is 13.4. The first-order valence-electron chi connectivity index (χ1n) is 6.04. The number of rotatable bonds is 7. The van der Waals surface area contributed by atoms with Crippen molar-refractivity contribution in [3.05, 3.63) is 23.8 Å². The summed E-state index contributed by atoms with van der Waals surface area (Å²) in [6, 6.07) is 4.89. The second-order valence-corrected chi connectivity index (χ2v) is 4.40. The van der Waals surface area contributed by atoms with Gasteiger partial charge in [-0.15, -0.1) is 0 Å². The van der Waals surface area contributed by atoms with Crippen molar-refractivity contribution in [3.8, 4) is 5.75 Å². The largest absolute Gasteiger partial charge is 0.508 e. The number of phenols is 1. The Labute approximate surface area is 113 Å². The monoisotopic (exact) mass is 267 g/mol. The molecule has 4 N–H and O–H groups in total. The third-order valence-corrected chi connectivity index (χ3v) is 2.59. The molecule has 1 rings (SSSR count). The summed E-state index contributed by atoms with van der Waals surface area (Å²) in [5, 5.41) is 12.4. The van der Waals surface area contributed by atoms with Gasteiger partial charge in [-0.3, -0.25) is 9.69 Å². The molecule has 1 aromatic carbocycles. The molecule has 0 saturated carbocycles. The Hall–Kier alpha value is -1.79. The van der Waals surface area contributed by atoms with Crippen LogP contribution >= 0.6 is 0 Å². The van der Waals surface area contributed by atoms with E-state index in [0.29, 0.717) is 30.9 Å². The highest BCUT2D eigenvalue weighted by Gasteiger charge is 2.09. The van der Waals surface area contributed by atoms with Gasteiger partial charge in [-0.05, 0) is 25.2 Å². The Balaban J connectivity index is 2.44. The highest BCUT2D eigenvalue weighted by atomic mass is 16.5. The molecule has 6 nitrogen and oxygen atoms in total. The van der Waals surface area contributed by atoms with Gasteiger partial charge in [0.2, 0.25) is 5.91 Å². The number of nitrogen functional groups attached to an aromatic ring is 1. The quantitative estimate of drug-likeness (QED) is 0.372. The zero-order valence-corrected chi connectivity index (χ0v) is 11.3. The van der Waals surface area contributed by atoms with Gasteiger partial charge in [0.15, 0.2) is 0 Å². The standard InChI is InChI=1S/C13H21N3O3/c1-16(9-13(18)15-5-6-19-2)8-10-7-11(14)3-4-12(10)17/h3-4,7,17H,5-6,8-9,14H2,1-2H3,(H,15,18). The molecule has 0 saturated heterocycles. The van der Waals surface area contributed by atoms with Crippen LogP contribution in [0.25, 0.3) is 0 Å². The van der Waals surface area contributed by atoms with Crippen molar-refractivity contribution in [1.29, 1.82) is 0 Å². The highest BCUT2D eigenvalue weighted by molar-refractivity contribution is 5.77. The second kappa shape index (κ2) is 7.60. The molecule has 0 atom stereocenters. The van der Waals surface area contributed by atoms with Crippen molar-refractivity contribution in [2.45, 2.75) is 6.54 Å². The molecular formula is C13H21N3O3. The Morgan fingerprint density at radius 1 is 1.53 bits per heavy atom. The fraction of sp³-hybridized carbons (Fsp3) is 0.462. The van der Waals surface area contributed by atoms with Gasteiger partial charge in [0.1, 0.15) is 5.75 Å². The molecule has 0 fully saturated rings. The number of ether oxygens (including phenoxy) is 1. The lowest BCUT2D eigenvalue weighted by Crippen LogP contribution is -2.36. The zero-order valence-electron chi connectivity index (χ0n) is 11.3. The Morgan fingerprint density at radius 3 is 2.95 bits per heavy atom. The fourth-order valence-corrected chi connectivity index (χ4v) is 1.67. The minimum absolute atomic E-state index is 0.0806. The molecule has 0 radical (unpaired) electrons.